The van der Waals surface area contributed by atoms with Crippen LogP contribution < -0.4 is 0 Å². The summed E-state index contributed by atoms with van der Waals surface area (Å²) in [6.45, 7) is 4.00. The molecule has 2 rings (SSSR count). The zero-order valence-electron chi connectivity index (χ0n) is 8.24. The second kappa shape index (κ2) is 3.22. The molecule has 0 spiro atoms. The van der Waals surface area contributed by atoms with Crippen LogP contribution >= 0.6 is 0 Å². The molecular formula is C12H11NO. The number of rotatable bonds is 1. The predicted molar refractivity (Wildman–Crippen MR) is 56.6 cm³/mol. The Labute approximate surface area is 82.6 Å². The standard InChI is InChI=1S/C12H11NO/c1-8-3-4-10(7-14)11-5-6-13-9(2)12(8)11/h3-7H,1-2H3. The Morgan fingerprint density at radius 1 is 1.21 bits per heavy atom. The Bertz CT molecular complexity index is 495. The van der Waals surface area contributed by atoms with E-state index in [1.165, 1.54) is 0 Å². The van der Waals surface area contributed by atoms with E-state index in [0.29, 0.717) is 0 Å². The molecular weight excluding hydrogens is 174 g/mol. The van der Waals surface area contributed by atoms with Crippen molar-refractivity contribution >= 4 is 17.1 Å². The molecule has 0 aliphatic heterocycles. The van der Waals surface area contributed by atoms with E-state index >= 15 is 0 Å². The summed E-state index contributed by atoms with van der Waals surface area (Å²) in [4.78, 5) is 15.1. The van der Waals surface area contributed by atoms with Crippen LogP contribution in [0.15, 0.2) is 24.4 Å². The van der Waals surface area contributed by atoms with Crippen LogP contribution in [0.2, 0.25) is 0 Å². The maximum absolute atomic E-state index is 10.8. The molecule has 0 aliphatic rings. The Morgan fingerprint density at radius 2 is 2.00 bits per heavy atom. The van der Waals surface area contributed by atoms with Gasteiger partial charge in [0, 0.05) is 22.8 Å². The fourth-order valence-corrected chi connectivity index (χ4v) is 1.80. The molecule has 2 heteroatoms. The summed E-state index contributed by atoms with van der Waals surface area (Å²) >= 11 is 0. The minimum Gasteiger partial charge on any atom is -0.298 e. The highest BCUT2D eigenvalue weighted by molar-refractivity contribution is 6.00. The third-order valence-corrected chi connectivity index (χ3v) is 2.49. The highest BCUT2D eigenvalue weighted by Gasteiger charge is 2.05. The van der Waals surface area contributed by atoms with Gasteiger partial charge >= 0.3 is 0 Å². The van der Waals surface area contributed by atoms with Gasteiger partial charge in [0.15, 0.2) is 6.29 Å². The number of nitrogens with zero attached hydrogens (tertiary/aromatic N) is 1. The third kappa shape index (κ3) is 1.20. The van der Waals surface area contributed by atoms with E-state index in [4.69, 9.17) is 0 Å². The van der Waals surface area contributed by atoms with Crippen LogP contribution in [0, 0.1) is 13.8 Å². The second-order valence-corrected chi connectivity index (χ2v) is 3.41. The summed E-state index contributed by atoms with van der Waals surface area (Å²) in [6, 6.07) is 5.70. The third-order valence-electron chi connectivity index (χ3n) is 2.49. The number of hydrogen-bond acceptors (Lipinski definition) is 2. The number of aldehydes is 1. The Balaban J connectivity index is 2.98. The Hall–Kier alpha value is -1.70. The van der Waals surface area contributed by atoms with Crippen LogP contribution in [0.25, 0.3) is 10.8 Å². The van der Waals surface area contributed by atoms with E-state index in [1.807, 2.05) is 32.0 Å². The topological polar surface area (TPSA) is 30.0 Å². The largest absolute Gasteiger partial charge is 0.298 e. The van der Waals surface area contributed by atoms with Crippen LogP contribution in [0.1, 0.15) is 21.6 Å². The van der Waals surface area contributed by atoms with E-state index in [2.05, 4.69) is 4.98 Å². The van der Waals surface area contributed by atoms with E-state index in [9.17, 15) is 4.79 Å². The second-order valence-electron chi connectivity index (χ2n) is 3.41. The number of carbonyl (C=O) groups is 1. The fourth-order valence-electron chi connectivity index (χ4n) is 1.80. The summed E-state index contributed by atoms with van der Waals surface area (Å²) in [5.74, 6) is 0. The normalized spacial score (nSPS) is 10.4. The number of fused-ring (bicyclic) bond motifs is 1. The quantitative estimate of drug-likeness (QED) is 0.639. The predicted octanol–water partition coefficient (Wildman–Crippen LogP) is 2.66. The van der Waals surface area contributed by atoms with Crippen LogP contribution in [-0.2, 0) is 0 Å². The molecule has 1 aromatic heterocycles. The minimum atomic E-state index is 0.733. The zero-order valence-corrected chi connectivity index (χ0v) is 8.24. The Morgan fingerprint density at radius 3 is 2.71 bits per heavy atom. The highest BCUT2D eigenvalue weighted by atomic mass is 16.1. The lowest BCUT2D eigenvalue weighted by molar-refractivity contribution is 0.112. The van der Waals surface area contributed by atoms with Crippen molar-refractivity contribution in [2.45, 2.75) is 13.8 Å². The molecule has 0 saturated heterocycles. The molecule has 0 unspecified atom stereocenters. The van der Waals surface area contributed by atoms with Gasteiger partial charge in [-0.05, 0) is 30.9 Å². The summed E-state index contributed by atoms with van der Waals surface area (Å²) < 4.78 is 0. The molecule has 0 saturated carbocycles. The molecule has 1 aromatic carbocycles. The van der Waals surface area contributed by atoms with Crippen molar-refractivity contribution in [2.24, 2.45) is 0 Å². The van der Waals surface area contributed by atoms with Crippen molar-refractivity contribution in [3.8, 4) is 0 Å². The van der Waals surface area contributed by atoms with Crippen LogP contribution in [-0.4, -0.2) is 11.3 Å². The minimum absolute atomic E-state index is 0.733. The number of hydrogen-bond donors (Lipinski definition) is 0. The smallest absolute Gasteiger partial charge is 0.150 e. The number of benzene rings is 1. The monoisotopic (exact) mass is 185 g/mol. The van der Waals surface area contributed by atoms with Gasteiger partial charge in [0.05, 0.1) is 0 Å². The maximum atomic E-state index is 10.8. The number of aromatic nitrogens is 1. The number of carbonyl (C=O) groups excluding carboxylic acids is 1. The molecule has 2 nitrogen and oxygen atoms in total. The van der Waals surface area contributed by atoms with Crippen molar-refractivity contribution in [1.29, 1.82) is 0 Å². The lowest BCUT2D eigenvalue weighted by Crippen LogP contribution is -1.91. The SMILES string of the molecule is Cc1ccc(C=O)c2ccnc(C)c12. The molecule has 0 bridgehead atoms. The molecule has 14 heavy (non-hydrogen) atoms. The maximum Gasteiger partial charge on any atom is 0.150 e. The first kappa shape index (κ1) is 8.88. The van der Waals surface area contributed by atoms with Crippen molar-refractivity contribution < 1.29 is 4.79 Å². The molecule has 0 fully saturated rings. The molecule has 0 amide bonds. The van der Waals surface area contributed by atoms with Gasteiger partial charge in [-0.1, -0.05) is 12.1 Å². The van der Waals surface area contributed by atoms with Gasteiger partial charge in [0.25, 0.3) is 0 Å². The van der Waals surface area contributed by atoms with Crippen LogP contribution in [0.4, 0.5) is 0 Å². The molecule has 0 atom stereocenters. The van der Waals surface area contributed by atoms with Crippen molar-refractivity contribution in [3.05, 3.63) is 41.2 Å². The van der Waals surface area contributed by atoms with Gasteiger partial charge in [-0.2, -0.15) is 0 Å². The summed E-state index contributed by atoms with van der Waals surface area (Å²) in [5, 5.41) is 2.09. The first-order valence-corrected chi connectivity index (χ1v) is 4.54. The van der Waals surface area contributed by atoms with Gasteiger partial charge in [0.1, 0.15) is 0 Å². The Kier molecular flexibility index (Phi) is 2.04. The average molecular weight is 185 g/mol. The van der Waals surface area contributed by atoms with E-state index in [1.54, 1.807) is 6.20 Å². The van der Waals surface area contributed by atoms with Crippen LogP contribution in [0.3, 0.4) is 0 Å². The fraction of sp³-hybridized carbons (Fsp3) is 0.167. The van der Waals surface area contributed by atoms with E-state index in [0.717, 1.165) is 33.9 Å². The first-order valence-electron chi connectivity index (χ1n) is 4.54. The van der Waals surface area contributed by atoms with Gasteiger partial charge in [-0.3, -0.25) is 9.78 Å². The number of aryl methyl sites for hydroxylation is 2. The van der Waals surface area contributed by atoms with Gasteiger partial charge in [-0.15, -0.1) is 0 Å². The van der Waals surface area contributed by atoms with Gasteiger partial charge in [0.2, 0.25) is 0 Å². The molecule has 0 aliphatic carbocycles. The summed E-state index contributed by atoms with van der Waals surface area (Å²) in [7, 11) is 0. The zero-order chi connectivity index (χ0) is 10.1. The van der Waals surface area contributed by atoms with Crippen molar-refractivity contribution in [1.82, 2.24) is 4.98 Å². The van der Waals surface area contributed by atoms with Crippen molar-refractivity contribution in [3.63, 3.8) is 0 Å². The molecule has 2 aromatic rings. The van der Waals surface area contributed by atoms with E-state index < -0.39 is 0 Å². The first-order chi connectivity index (χ1) is 6.74. The molecule has 0 radical (unpaired) electrons. The lowest BCUT2D eigenvalue weighted by atomic mass is 10.0. The molecule has 1 heterocycles. The number of pyridine rings is 1. The average Bonchev–Trinajstić information content (AvgIpc) is 2.18. The molecule has 70 valence electrons. The summed E-state index contributed by atoms with van der Waals surface area (Å²) in [5.41, 5.74) is 2.87. The summed E-state index contributed by atoms with van der Waals surface area (Å²) in [6.07, 6.45) is 2.63. The molecule has 0 N–H and O–H groups in total. The van der Waals surface area contributed by atoms with Crippen molar-refractivity contribution in [2.75, 3.05) is 0 Å². The van der Waals surface area contributed by atoms with E-state index in [-0.39, 0.29) is 0 Å². The van der Waals surface area contributed by atoms with Crippen LogP contribution in [0.5, 0.6) is 0 Å². The lowest BCUT2D eigenvalue weighted by Gasteiger charge is -2.06. The highest BCUT2D eigenvalue weighted by Crippen LogP contribution is 2.23. The van der Waals surface area contributed by atoms with Gasteiger partial charge < -0.3 is 0 Å². The van der Waals surface area contributed by atoms with Gasteiger partial charge in [-0.25, -0.2) is 0 Å².